The van der Waals surface area contributed by atoms with Crippen molar-refractivity contribution < 1.29 is 4.74 Å². The van der Waals surface area contributed by atoms with E-state index in [4.69, 9.17) is 10.5 Å². The summed E-state index contributed by atoms with van der Waals surface area (Å²) in [5.74, 6) is 1.74. The highest BCUT2D eigenvalue weighted by Gasteiger charge is 2.23. The van der Waals surface area contributed by atoms with Crippen molar-refractivity contribution >= 4 is 17.3 Å². The van der Waals surface area contributed by atoms with Crippen LogP contribution >= 0.6 is 0 Å². The third-order valence-corrected chi connectivity index (χ3v) is 3.43. The van der Waals surface area contributed by atoms with Crippen molar-refractivity contribution in [2.24, 2.45) is 5.92 Å². The Morgan fingerprint density at radius 1 is 1.61 bits per heavy atom. The first-order valence-corrected chi connectivity index (χ1v) is 6.17. The fourth-order valence-electron chi connectivity index (χ4n) is 2.33. The van der Waals surface area contributed by atoms with Crippen LogP contribution in [-0.2, 0) is 4.74 Å². The minimum absolute atomic E-state index is 0.294. The predicted molar refractivity (Wildman–Crippen MR) is 69.4 cm³/mol. The van der Waals surface area contributed by atoms with E-state index in [1.54, 1.807) is 12.4 Å². The van der Waals surface area contributed by atoms with Crippen molar-refractivity contribution in [2.75, 3.05) is 24.3 Å². The van der Waals surface area contributed by atoms with E-state index in [9.17, 15) is 0 Å². The summed E-state index contributed by atoms with van der Waals surface area (Å²) < 4.78 is 7.28. The Kier molecular flexibility index (Phi) is 2.79. The van der Waals surface area contributed by atoms with Gasteiger partial charge in [0.15, 0.2) is 11.5 Å². The number of nitrogens with one attached hydrogen (secondary N) is 1. The number of anilines is 2. The van der Waals surface area contributed by atoms with Gasteiger partial charge in [0, 0.05) is 31.0 Å². The van der Waals surface area contributed by atoms with Crippen LogP contribution in [0.25, 0.3) is 5.65 Å². The van der Waals surface area contributed by atoms with Crippen molar-refractivity contribution in [1.82, 2.24) is 14.4 Å². The number of fused-ring (bicyclic) bond motifs is 1. The lowest BCUT2D eigenvalue weighted by atomic mass is 10.0. The van der Waals surface area contributed by atoms with E-state index >= 15 is 0 Å². The van der Waals surface area contributed by atoms with E-state index in [0.29, 0.717) is 17.8 Å². The Balaban J connectivity index is 1.86. The first kappa shape index (κ1) is 11.3. The molecule has 0 spiro atoms. The molecule has 6 heteroatoms. The highest BCUT2D eigenvalue weighted by molar-refractivity contribution is 5.65. The van der Waals surface area contributed by atoms with Gasteiger partial charge in [0.25, 0.3) is 0 Å². The second kappa shape index (κ2) is 4.45. The zero-order valence-corrected chi connectivity index (χ0v) is 10.3. The summed E-state index contributed by atoms with van der Waals surface area (Å²) in [5, 5.41) is 3.40. The van der Waals surface area contributed by atoms with E-state index in [0.717, 1.165) is 31.1 Å². The molecule has 6 nitrogen and oxygen atoms in total. The minimum atomic E-state index is 0.294. The van der Waals surface area contributed by atoms with E-state index in [1.165, 1.54) is 0 Å². The number of aromatic nitrogens is 3. The third kappa shape index (κ3) is 1.99. The molecule has 0 aliphatic carbocycles. The molecular formula is C12H17N5O. The molecule has 0 amide bonds. The zero-order chi connectivity index (χ0) is 12.5. The van der Waals surface area contributed by atoms with Gasteiger partial charge < -0.3 is 20.2 Å². The first-order chi connectivity index (χ1) is 8.74. The topological polar surface area (TPSA) is 77.5 Å². The molecule has 2 unspecified atom stereocenters. The molecule has 3 heterocycles. The predicted octanol–water partition coefficient (Wildman–Crippen LogP) is 1.15. The molecule has 1 aliphatic heterocycles. The Morgan fingerprint density at radius 3 is 3.28 bits per heavy atom. The molecule has 1 aliphatic rings. The summed E-state index contributed by atoms with van der Waals surface area (Å²) in [6.45, 7) is 3.80. The number of nitrogens with two attached hydrogens (primary N) is 1. The van der Waals surface area contributed by atoms with Gasteiger partial charge in [-0.25, -0.2) is 9.97 Å². The van der Waals surface area contributed by atoms with E-state index in [1.807, 2.05) is 10.6 Å². The molecule has 0 aromatic carbocycles. The molecule has 0 saturated carbocycles. The highest BCUT2D eigenvalue weighted by atomic mass is 16.5. The van der Waals surface area contributed by atoms with Crippen LogP contribution in [0.2, 0.25) is 0 Å². The summed E-state index contributed by atoms with van der Waals surface area (Å²) in [7, 11) is 0. The molecule has 2 atom stereocenters. The molecule has 3 N–H and O–H groups in total. The van der Waals surface area contributed by atoms with Crippen LogP contribution in [0.1, 0.15) is 13.3 Å². The van der Waals surface area contributed by atoms with Crippen molar-refractivity contribution in [3.63, 3.8) is 0 Å². The number of nitrogen functional groups attached to an aromatic ring is 1. The van der Waals surface area contributed by atoms with E-state index in [-0.39, 0.29) is 0 Å². The van der Waals surface area contributed by atoms with Crippen LogP contribution in [0.5, 0.6) is 0 Å². The summed E-state index contributed by atoms with van der Waals surface area (Å²) in [6.07, 6.45) is 6.45. The molecule has 2 aromatic heterocycles. The van der Waals surface area contributed by atoms with Crippen molar-refractivity contribution in [1.29, 1.82) is 0 Å². The lowest BCUT2D eigenvalue weighted by Gasteiger charge is -2.20. The van der Waals surface area contributed by atoms with E-state index in [2.05, 4.69) is 22.2 Å². The zero-order valence-electron chi connectivity index (χ0n) is 10.3. The fourth-order valence-corrected chi connectivity index (χ4v) is 2.33. The Hall–Kier alpha value is -1.82. The summed E-state index contributed by atoms with van der Waals surface area (Å²) in [4.78, 5) is 8.62. The number of rotatable bonds is 3. The number of nitrogens with zero attached hydrogens (tertiary/aromatic N) is 3. The Morgan fingerprint density at radius 2 is 2.50 bits per heavy atom. The van der Waals surface area contributed by atoms with Gasteiger partial charge in [-0.2, -0.15) is 0 Å². The standard InChI is InChI=1S/C12H17N5O/c1-8(9-2-5-18-7-9)15-11-12-14-3-4-17(12)6-10(13)16-11/h3-4,6,8-9H,2,5,7,13H2,1H3,(H,15,16). The number of imidazole rings is 1. The van der Waals surface area contributed by atoms with Gasteiger partial charge in [-0.3, -0.25) is 0 Å². The van der Waals surface area contributed by atoms with Crippen LogP contribution in [0.15, 0.2) is 18.6 Å². The molecule has 2 aromatic rings. The maximum atomic E-state index is 5.79. The number of hydrogen-bond donors (Lipinski definition) is 2. The van der Waals surface area contributed by atoms with Crippen LogP contribution in [0, 0.1) is 5.92 Å². The second-order valence-corrected chi connectivity index (χ2v) is 4.73. The van der Waals surface area contributed by atoms with Crippen LogP contribution < -0.4 is 11.1 Å². The molecule has 18 heavy (non-hydrogen) atoms. The normalized spacial score (nSPS) is 21.3. The maximum absolute atomic E-state index is 5.79. The smallest absolute Gasteiger partial charge is 0.180 e. The highest BCUT2D eigenvalue weighted by Crippen LogP contribution is 2.22. The van der Waals surface area contributed by atoms with Crippen LogP contribution in [0.4, 0.5) is 11.6 Å². The average molecular weight is 247 g/mol. The number of ether oxygens (including phenoxy) is 1. The average Bonchev–Trinajstić information content (AvgIpc) is 2.98. The SMILES string of the molecule is CC(Nc1nc(N)cn2ccnc12)C1CCOC1. The van der Waals surface area contributed by atoms with Gasteiger partial charge >= 0.3 is 0 Å². The first-order valence-electron chi connectivity index (χ1n) is 6.17. The van der Waals surface area contributed by atoms with Gasteiger partial charge in [0.1, 0.15) is 5.82 Å². The Labute approximate surface area is 105 Å². The third-order valence-electron chi connectivity index (χ3n) is 3.43. The van der Waals surface area contributed by atoms with Gasteiger partial charge in [-0.15, -0.1) is 0 Å². The molecule has 1 fully saturated rings. The summed E-state index contributed by atoms with van der Waals surface area (Å²) >= 11 is 0. The van der Waals surface area contributed by atoms with Gasteiger partial charge in [-0.05, 0) is 13.3 Å². The summed E-state index contributed by atoms with van der Waals surface area (Å²) in [6, 6.07) is 0.294. The van der Waals surface area contributed by atoms with Crippen molar-refractivity contribution in [2.45, 2.75) is 19.4 Å². The number of hydrogen-bond acceptors (Lipinski definition) is 5. The summed E-state index contributed by atoms with van der Waals surface area (Å²) in [5.41, 5.74) is 6.59. The molecule has 3 rings (SSSR count). The van der Waals surface area contributed by atoms with Crippen molar-refractivity contribution in [3.8, 4) is 0 Å². The lowest BCUT2D eigenvalue weighted by Crippen LogP contribution is -2.27. The Bertz CT molecular complexity index is 546. The minimum Gasteiger partial charge on any atom is -0.382 e. The lowest BCUT2D eigenvalue weighted by molar-refractivity contribution is 0.183. The second-order valence-electron chi connectivity index (χ2n) is 4.73. The van der Waals surface area contributed by atoms with Crippen LogP contribution in [-0.4, -0.2) is 33.6 Å². The van der Waals surface area contributed by atoms with Crippen LogP contribution in [0.3, 0.4) is 0 Å². The van der Waals surface area contributed by atoms with E-state index < -0.39 is 0 Å². The molecule has 1 saturated heterocycles. The van der Waals surface area contributed by atoms with Gasteiger partial charge in [0.05, 0.1) is 12.8 Å². The van der Waals surface area contributed by atoms with Gasteiger partial charge in [0.2, 0.25) is 0 Å². The fraction of sp³-hybridized carbons (Fsp3) is 0.500. The maximum Gasteiger partial charge on any atom is 0.180 e. The molecule has 0 radical (unpaired) electrons. The quantitative estimate of drug-likeness (QED) is 0.850. The molecular weight excluding hydrogens is 230 g/mol. The largest absolute Gasteiger partial charge is 0.382 e. The van der Waals surface area contributed by atoms with Crippen molar-refractivity contribution in [3.05, 3.63) is 18.6 Å². The molecule has 0 bridgehead atoms. The molecule has 96 valence electrons. The van der Waals surface area contributed by atoms with Gasteiger partial charge in [-0.1, -0.05) is 0 Å². The monoisotopic (exact) mass is 247 g/mol.